The molecule has 1 aliphatic carbocycles. The van der Waals surface area contributed by atoms with Crippen LogP contribution in [0.5, 0.6) is 0 Å². The summed E-state index contributed by atoms with van der Waals surface area (Å²) in [6.45, 7) is 0. The van der Waals surface area contributed by atoms with Gasteiger partial charge < -0.3 is 5.32 Å². The van der Waals surface area contributed by atoms with Crippen LogP contribution in [-0.4, -0.2) is 10.9 Å². The summed E-state index contributed by atoms with van der Waals surface area (Å²) in [5, 5.41) is 13.2. The van der Waals surface area contributed by atoms with Crippen LogP contribution in [0.2, 0.25) is 0 Å². The number of pyridine rings is 1. The minimum absolute atomic E-state index is 0.209. The molecule has 0 aliphatic heterocycles. The number of para-hydroxylation sites is 1. The van der Waals surface area contributed by atoms with Crippen LogP contribution in [0.15, 0.2) is 34.9 Å². The molecule has 1 N–H and O–H groups in total. The maximum Gasteiger partial charge on any atom is 0.244 e. The second-order valence-corrected chi connectivity index (χ2v) is 6.30. The molecule has 1 aromatic carbocycles. The number of rotatable bonds is 2. The molecule has 4 nitrogen and oxygen atoms in total. The van der Waals surface area contributed by atoms with Gasteiger partial charge in [0.15, 0.2) is 0 Å². The van der Waals surface area contributed by atoms with E-state index in [2.05, 4.69) is 32.3 Å². The summed E-state index contributed by atoms with van der Waals surface area (Å²) in [7, 11) is 0. The second kappa shape index (κ2) is 5.45. The first kappa shape index (κ1) is 14.0. The van der Waals surface area contributed by atoms with Crippen molar-refractivity contribution in [3.05, 3.63) is 34.9 Å². The van der Waals surface area contributed by atoms with Gasteiger partial charge in [0.25, 0.3) is 0 Å². The molecule has 1 aliphatic rings. The highest BCUT2D eigenvalue weighted by molar-refractivity contribution is 9.10. The van der Waals surface area contributed by atoms with Crippen LogP contribution in [0.4, 0.5) is 5.69 Å². The molecule has 0 spiro atoms. The number of hydrogen-bond donors (Lipinski definition) is 1. The fourth-order valence-electron chi connectivity index (χ4n) is 2.84. The van der Waals surface area contributed by atoms with Crippen molar-refractivity contribution in [3.63, 3.8) is 0 Å². The van der Waals surface area contributed by atoms with Crippen molar-refractivity contribution in [3.8, 4) is 6.07 Å². The number of fused-ring (bicyclic) bond motifs is 1. The van der Waals surface area contributed by atoms with Gasteiger partial charge in [0.2, 0.25) is 5.91 Å². The number of nitrogens with one attached hydrogen (secondary N) is 1. The Bertz CT molecular complexity index is 745. The molecule has 0 atom stereocenters. The maximum atomic E-state index is 12.5. The molecule has 106 valence electrons. The molecule has 21 heavy (non-hydrogen) atoms. The molecule has 1 amide bonds. The lowest BCUT2D eigenvalue weighted by Crippen LogP contribution is -2.32. The van der Waals surface area contributed by atoms with E-state index in [0.29, 0.717) is 18.5 Å². The van der Waals surface area contributed by atoms with Crippen LogP contribution in [0.3, 0.4) is 0 Å². The van der Waals surface area contributed by atoms with Gasteiger partial charge in [0.1, 0.15) is 5.41 Å². The van der Waals surface area contributed by atoms with Crippen LogP contribution in [-0.2, 0) is 4.79 Å². The normalized spacial score (nSPS) is 16.6. The van der Waals surface area contributed by atoms with E-state index in [0.717, 1.165) is 28.2 Å². The number of nitriles is 1. The Morgan fingerprint density at radius 2 is 2.14 bits per heavy atom. The summed E-state index contributed by atoms with van der Waals surface area (Å²) in [6.07, 6.45) is 4.84. The largest absolute Gasteiger partial charge is 0.323 e. The van der Waals surface area contributed by atoms with Crippen LogP contribution < -0.4 is 5.32 Å². The monoisotopic (exact) mass is 343 g/mol. The van der Waals surface area contributed by atoms with Crippen molar-refractivity contribution in [2.75, 3.05) is 5.32 Å². The van der Waals surface area contributed by atoms with Gasteiger partial charge >= 0.3 is 0 Å². The Labute approximate surface area is 131 Å². The summed E-state index contributed by atoms with van der Waals surface area (Å²) in [4.78, 5) is 16.9. The number of amides is 1. The Morgan fingerprint density at radius 1 is 1.38 bits per heavy atom. The number of aromatic nitrogens is 1. The molecule has 3 rings (SSSR count). The quantitative estimate of drug-likeness (QED) is 0.895. The van der Waals surface area contributed by atoms with Gasteiger partial charge in [-0.1, -0.05) is 25.0 Å². The van der Waals surface area contributed by atoms with E-state index in [1.54, 1.807) is 6.20 Å². The van der Waals surface area contributed by atoms with E-state index < -0.39 is 5.41 Å². The van der Waals surface area contributed by atoms with Crippen molar-refractivity contribution >= 4 is 38.4 Å². The first-order valence-corrected chi connectivity index (χ1v) is 7.71. The lowest BCUT2D eigenvalue weighted by Gasteiger charge is -2.19. The van der Waals surface area contributed by atoms with E-state index in [4.69, 9.17) is 0 Å². The van der Waals surface area contributed by atoms with E-state index >= 15 is 0 Å². The number of carbonyl (C=O) groups excluding carboxylic acids is 1. The molecule has 5 heteroatoms. The van der Waals surface area contributed by atoms with Gasteiger partial charge in [-0.25, -0.2) is 0 Å². The highest BCUT2D eigenvalue weighted by atomic mass is 79.9. The molecule has 1 saturated carbocycles. The molecule has 0 bridgehead atoms. The average Bonchev–Trinajstić information content (AvgIpc) is 2.97. The zero-order valence-electron chi connectivity index (χ0n) is 11.4. The van der Waals surface area contributed by atoms with Crippen molar-refractivity contribution in [2.24, 2.45) is 5.41 Å². The highest BCUT2D eigenvalue weighted by Gasteiger charge is 2.41. The molecule has 2 aromatic rings. The zero-order chi connectivity index (χ0) is 14.9. The molecule has 1 heterocycles. The second-order valence-electron chi connectivity index (χ2n) is 5.39. The van der Waals surface area contributed by atoms with E-state index in [9.17, 15) is 10.1 Å². The third kappa shape index (κ3) is 2.52. The molecular formula is C16H14BrN3O. The number of carbonyl (C=O) groups is 1. The summed E-state index contributed by atoms with van der Waals surface area (Å²) < 4.78 is 0.891. The standard InChI is InChI=1S/C16H14BrN3O/c17-12-8-11-4-3-5-13(14(11)19-9-12)20-15(21)16(10-18)6-1-2-7-16/h3-5,8-9H,1-2,6-7H2,(H,20,21). The van der Waals surface area contributed by atoms with Crippen LogP contribution >= 0.6 is 15.9 Å². The number of halogens is 1. The molecule has 1 aromatic heterocycles. The first-order chi connectivity index (χ1) is 10.1. The average molecular weight is 344 g/mol. The number of nitrogens with zero attached hydrogens (tertiary/aromatic N) is 2. The van der Waals surface area contributed by atoms with Crippen LogP contribution in [0.1, 0.15) is 25.7 Å². The van der Waals surface area contributed by atoms with Gasteiger partial charge in [-0.05, 0) is 40.9 Å². The SMILES string of the molecule is N#CC1(C(=O)Nc2cccc3cc(Br)cnc23)CCCC1. The van der Waals surface area contributed by atoms with Crippen molar-refractivity contribution in [1.82, 2.24) is 4.98 Å². The zero-order valence-corrected chi connectivity index (χ0v) is 13.0. The minimum atomic E-state index is -0.877. The summed E-state index contributed by atoms with van der Waals surface area (Å²) >= 11 is 3.39. The summed E-state index contributed by atoms with van der Waals surface area (Å²) in [6, 6.07) is 9.80. The van der Waals surface area contributed by atoms with Gasteiger partial charge in [-0.3, -0.25) is 9.78 Å². The molecule has 0 unspecified atom stereocenters. The van der Waals surface area contributed by atoms with E-state index in [-0.39, 0.29) is 5.91 Å². The fraction of sp³-hybridized carbons (Fsp3) is 0.312. The maximum absolute atomic E-state index is 12.5. The molecule has 0 saturated heterocycles. The molecule has 0 radical (unpaired) electrons. The highest BCUT2D eigenvalue weighted by Crippen LogP contribution is 2.38. The predicted octanol–water partition coefficient (Wildman–Crippen LogP) is 4.02. The smallest absolute Gasteiger partial charge is 0.244 e. The van der Waals surface area contributed by atoms with Crippen molar-refractivity contribution in [2.45, 2.75) is 25.7 Å². The van der Waals surface area contributed by atoms with E-state index in [1.165, 1.54) is 0 Å². The Morgan fingerprint density at radius 3 is 2.86 bits per heavy atom. The van der Waals surface area contributed by atoms with Gasteiger partial charge in [0, 0.05) is 16.1 Å². The third-order valence-corrected chi connectivity index (χ3v) is 4.47. The lowest BCUT2D eigenvalue weighted by molar-refractivity contribution is -0.122. The van der Waals surface area contributed by atoms with Crippen molar-refractivity contribution in [1.29, 1.82) is 5.26 Å². The van der Waals surface area contributed by atoms with E-state index in [1.807, 2.05) is 24.3 Å². The topological polar surface area (TPSA) is 65.8 Å². The van der Waals surface area contributed by atoms with Crippen molar-refractivity contribution < 1.29 is 4.79 Å². The third-order valence-electron chi connectivity index (χ3n) is 4.03. The molecular weight excluding hydrogens is 330 g/mol. The summed E-state index contributed by atoms with van der Waals surface area (Å²) in [5.41, 5.74) is 0.518. The van der Waals surface area contributed by atoms with Crippen LogP contribution in [0.25, 0.3) is 10.9 Å². The molecule has 1 fully saturated rings. The minimum Gasteiger partial charge on any atom is -0.323 e. The predicted molar refractivity (Wildman–Crippen MR) is 84.6 cm³/mol. The number of benzene rings is 1. The lowest BCUT2D eigenvalue weighted by atomic mass is 9.87. The Kier molecular flexibility index (Phi) is 3.64. The van der Waals surface area contributed by atoms with Gasteiger partial charge in [0.05, 0.1) is 17.3 Å². The number of anilines is 1. The summed E-state index contributed by atoms with van der Waals surface area (Å²) in [5.74, 6) is -0.209. The Hall–Kier alpha value is -1.93. The fourth-order valence-corrected chi connectivity index (χ4v) is 3.19. The first-order valence-electron chi connectivity index (χ1n) is 6.92. The van der Waals surface area contributed by atoms with Crippen LogP contribution in [0, 0.1) is 16.7 Å². The Balaban J connectivity index is 1.95. The number of hydrogen-bond acceptors (Lipinski definition) is 3. The van der Waals surface area contributed by atoms with Gasteiger partial charge in [-0.2, -0.15) is 5.26 Å². The van der Waals surface area contributed by atoms with Gasteiger partial charge in [-0.15, -0.1) is 0 Å².